The Bertz CT molecular complexity index is 125. The van der Waals surface area contributed by atoms with Crippen molar-refractivity contribution in [1.29, 1.82) is 0 Å². The van der Waals surface area contributed by atoms with Crippen LogP contribution in [0.4, 0.5) is 0 Å². The van der Waals surface area contributed by atoms with Crippen molar-refractivity contribution in [3.63, 3.8) is 0 Å². The third-order valence-electron chi connectivity index (χ3n) is 1.88. The molecule has 0 aromatic rings. The highest BCUT2D eigenvalue weighted by molar-refractivity contribution is 4.68. The van der Waals surface area contributed by atoms with Gasteiger partial charge in [-0.1, -0.05) is 0 Å². The van der Waals surface area contributed by atoms with Gasteiger partial charge in [0.1, 0.15) is 0 Å². The molecule has 1 saturated heterocycles. The van der Waals surface area contributed by atoms with E-state index in [0.717, 1.165) is 6.54 Å². The lowest BCUT2D eigenvalue weighted by molar-refractivity contribution is -0.379. The zero-order valence-electron chi connectivity index (χ0n) is 7.29. The first-order valence-electron chi connectivity index (χ1n) is 3.65. The van der Waals surface area contributed by atoms with Gasteiger partial charge in [-0.15, -0.1) is 0 Å². The van der Waals surface area contributed by atoms with Gasteiger partial charge < -0.3 is 14.2 Å². The quantitative estimate of drug-likeness (QED) is 0.529. The van der Waals surface area contributed by atoms with Gasteiger partial charge in [-0.3, -0.25) is 4.90 Å². The topological polar surface area (TPSA) is 30.9 Å². The number of morpholine rings is 1. The van der Waals surface area contributed by atoms with Crippen LogP contribution < -0.4 is 0 Å². The average Bonchev–Trinajstić information content (AvgIpc) is 2.04. The fourth-order valence-corrected chi connectivity index (χ4v) is 1.14. The summed E-state index contributed by atoms with van der Waals surface area (Å²) in [5.74, 6) is -0.840. The number of methoxy groups -OCH3 is 2. The molecule has 0 N–H and O–H groups in total. The first-order chi connectivity index (χ1) is 5.22. The molecular weight excluding hydrogens is 146 g/mol. The molecule has 0 unspecified atom stereocenters. The number of rotatable bonds is 2. The van der Waals surface area contributed by atoms with E-state index in [1.807, 2.05) is 7.05 Å². The fourth-order valence-electron chi connectivity index (χ4n) is 1.14. The molecular formula is C7H15NO3. The predicted molar refractivity (Wildman–Crippen MR) is 40.2 cm³/mol. The summed E-state index contributed by atoms with van der Waals surface area (Å²) in [5, 5.41) is 0. The minimum atomic E-state index is -0.840. The summed E-state index contributed by atoms with van der Waals surface area (Å²) in [6.07, 6.45) is 0. The van der Waals surface area contributed by atoms with E-state index in [1.54, 1.807) is 14.2 Å². The molecule has 1 aliphatic rings. The first kappa shape index (κ1) is 8.93. The van der Waals surface area contributed by atoms with Crippen LogP contribution in [0.15, 0.2) is 0 Å². The molecule has 11 heavy (non-hydrogen) atoms. The summed E-state index contributed by atoms with van der Waals surface area (Å²) in [6.45, 7) is 2.23. The molecule has 1 heterocycles. The summed E-state index contributed by atoms with van der Waals surface area (Å²) in [4.78, 5) is 2.11. The van der Waals surface area contributed by atoms with E-state index in [1.165, 1.54) is 0 Å². The molecule has 4 heteroatoms. The lowest BCUT2D eigenvalue weighted by Gasteiger charge is -2.38. The third-order valence-corrected chi connectivity index (χ3v) is 1.88. The molecule has 0 aliphatic carbocycles. The molecule has 0 aromatic heterocycles. The molecule has 0 amide bonds. The van der Waals surface area contributed by atoms with Gasteiger partial charge in [0.2, 0.25) is 0 Å². The third kappa shape index (κ3) is 1.90. The summed E-state index contributed by atoms with van der Waals surface area (Å²) >= 11 is 0. The van der Waals surface area contributed by atoms with Crippen LogP contribution in [-0.2, 0) is 14.2 Å². The van der Waals surface area contributed by atoms with E-state index < -0.39 is 5.97 Å². The van der Waals surface area contributed by atoms with E-state index >= 15 is 0 Å². The van der Waals surface area contributed by atoms with Crippen molar-refractivity contribution >= 4 is 0 Å². The van der Waals surface area contributed by atoms with Crippen molar-refractivity contribution in [2.45, 2.75) is 5.97 Å². The maximum absolute atomic E-state index is 5.35. The Hall–Kier alpha value is -0.160. The molecule has 1 fully saturated rings. The van der Waals surface area contributed by atoms with Crippen LogP contribution in [0.1, 0.15) is 0 Å². The van der Waals surface area contributed by atoms with Crippen LogP contribution in [0.2, 0.25) is 0 Å². The summed E-state index contributed by atoms with van der Waals surface area (Å²) in [5.41, 5.74) is 0. The average molecular weight is 161 g/mol. The SMILES string of the molecule is COC1(OC)CN(C)CCO1. The molecule has 0 atom stereocenters. The van der Waals surface area contributed by atoms with Gasteiger partial charge in [0.15, 0.2) is 0 Å². The van der Waals surface area contributed by atoms with Crippen LogP contribution in [0, 0.1) is 0 Å². The molecule has 1 rings (SSSR count). The van der Waals surface area contributed by atoms with Gasteiger partial charge in [0.25, 0.3) is 5.97 Å². The minimum Gasteiger partial charge on any atom is -0.330 e. The van der Waals surface area contributed by atoms with Gasteiger partial charge in [0.05, 0.1) is 13.2 Å². The van der Waals surface area contributed by atoms with Gasteiger partial charge in [-0.25, -0.2) is 0 Å². The number of nitrogens with zero attached hydrogens (tertiary/aromatic N) is 1. The first-order valence-corrected chi connectivity index (χ1v) is 3.65. The monoisotopic (exact) mass is 161 g/mol. The highest BCUT2D eigenvalue weighted by atomic mass is 16.9. The molecule has 66 valence electrons. The van der Waals surface area contributed by atoms with E-state index in [2.05, 4.69) is 4.90 Å². The van der Waals surface area contributed by atoms with Crippen molar-refractivity contribution in [1.82, 2.24) is 4.90 Å². The highest BCUT2D eigenvalue weighted by Crippen LogP contribution is 2.17. The Morgan fingerprint density at radius 3 is 2.36 bits per heavy atom. The summed E-state index contributed by atoms with van der Waals surface area (Å²) in [6, 6.07) is 0. The standard InChI is InChI=1S/C7H15NO3/c1-8-4-5-11-7(6-8,9-2)10-3/h4-6H2,1-3H3. The largest absolute Gasteiger partial charge is 0.330 e. The van der Waals surface area contributed by atoms with Crippen molar-refractivity contribution < 1.29 is 14.2 Å². The minimum absolute atomic E-state index is 0.651. The maximum atomic E-state index is 5.35. The van der Waals surface area contributed by atoms with Crippen LogP contribution in [-0.4, -0.2) is 51.8 Å². The Labute approximate surface area is 67.0 Å². The summed E-state index contributed by atoms with van der Waals surface area (Å²) < 4.78 is 15.6. The predicted octanol–water partition coefficient (Wildman–Crippen LogP) is -0.105. The Kier molecular flexibility index (Phi) is 2.84. The molecule has 4 nitrogen and oxygen atoms in total. The van der Waals surface area contributed by atoms with Crippen molar-refractivity contribution in [3.05, 3.63) is 0 Å². The molecule has 0 saturated carbocycles. The van der Waals surface area contributed by atoms with Gasteiger partial charge in [0, 0.05) is 20.8 Å². The van der Waals surface area contributed by atoms with Crippen LogP contribution in [0.25, 0.3) is 0 Å². The van der Waals surface area contributed by atoms with E-state index in [-0.39, 0.29) is 0 Å². The normalized spacial score (nSPS) is 25.4. The number of ether oxygens (including phenoxy) is 3. The van der Waals surface area contributed by atoms with E-state index in [9.17, 15) is 0 Å². The summed E-state index contributed by atoms with van der Waals surface area (Å²) in [7, 11) is 5.18. The molecule has 0 radical (unpaired) electrons. The fraction of sp³-hybridized carbons (Fsp3) is 1.00. The Morgan fingerprint density at radius 2 is 2.00 bits per heavy atom. The lowest BCUT2D eigenvalue weighted by atomic mass is 10.4. The number of hydrogen-bond donors (Lipinski definition) is 0. The van der Waals surface area contributed by atoms with Gasteiger partial charge in [-0.05, 0) is 7.05 Å². The smallest absolute Gasteiger partial charge is 0.295 e. The maximum Gasteiger partial charge on any atom is 0.295 e. The Morgan fingerprint density at radius 1 is 1.36 bits per heavy atom. The van der Waals surface area contributed by atoms with Gasteiger partial charge in [-0.2, -0.15) is 0 Å². The highest BCUT2D eigenvalue weighted by Gasteiger charge is 2.35. The Balaban J connectivity index is 2.52. The van der Waals surface area contributed by atoms with Crippen LogP contribution in [0.5, 0.6) is 0 Å². The van der Waals surface area contributed by atoms with Crippen LogP contribution in [0.3, 0.4) is 0 Å². The second-order valence-corrected chi connectivity index (χ2v) is 2.68. The van der Waals surface area contributed by atoms with Crippen LogP contribution >= 0.6 is 0 Å². The lowest BCUT2D eigenvalue weighted by Crippen LogP contribution is -2.52. The van der Waals surface area contributed by atoms with Crippen molar-refractivity contribution in [2.24, 2.45) is 0 Å². The number of likely N-dealkylation sites (N-methyl/N-ethyl adjacent to an activating group) is 1. The van der Waals surface area contributed by atoms with Crippen molar-refractivity contribution in [2.75, 3.05) is 41.0 Å². The van der Waals surface area contributed by atoms with E-state index in [0.29, 0.717) is 13.2 Å². The zero-order chi connectivity index (χ0) is 8.32. The van der Waals surface area contributed by atoms with E-state index in [4.69, 9.17) is 14.2 Å². The molecule has 0 bridgehead atoms. The zero-order valence-corrected chi connectivity index (χ0v) is 7.29. The number of hydrogen-bond acceptors (Lipinski definition) is 4. The second-order valence-electron chi connectivity index (χ2n) is 2.68. The van der Waals surface area contributed by atoms with Gasteiger partial charge >= 0.3 is 0 Å². The molecule has 1 aliphatic heterocycles. The molecule has 0 spiro atoms. The second kappa shape index (κ2) is 3.49. The molecule has 0 aromatic carbocycles. The van der Waals surface area contributed by atoms with Crippen molar-refractivity contribution in [3.8, 4) is 0 Å².